The van der Waals surface area contributed by atoms with E-state index in [1.54, 1.807) is 0 Å². The molecule has 0 bridgehead atoms. The molecule has 2 rings (SSSR count). The summed E-state index contributed by atoms with van der Waals surface area (Å²) in [7, 11) is 0. The quantitative estimate of drug-likeness (QED) is 0.750. The van der Waals surface area contributed by atoms with Gasteiger partial charge in [-0.05, 0) is 24.9 Å². The van der Waals surface area contributed by atoms with Crippen LogP contribution in [0.3, 0.4) is 0 Å². The molecule has 1 aliphatic rings. The fraction of sp³-hybridized carbons (Fsp3) is 0.462. The molecule has 0 radical (unpaired) electrons. The van der Waals surface area contributed by atoms with Crippen molar-refractivity contribution in [3.05, 3.63) is 35.9 Å². The molecule has 0 unspecified atom stereocenters. The molecule has 0 spiro atoms. The fourth-order valence-electron chi connectivity index (χ4n) is 2.34. The van der Waals surface area contributed by atoms with Crippen LogP contribution in [0.2, 0.25) is 0 Å². The molecule has 0 N–H and O–H groups in total. The summed E-state index contributed by atoms with van der Waals surface area (Å²) < 4.78 is 0. The van der Waals surface area contributed by atoms with Crippen molar-refractivity contribution < 1.29 is 0 Å². The number of hydrogen-bond donors (Lipinski definition) is 0. The van der Waals surface area contributed by atoms with E-state index in [0.717, 1.165) is 13.1 Å². The minimum atomic E-state index is 0.541. The van der Waals surface area contributed by atoms with Crippen LogP contribution in [0, 0.1) is 11.3 Å². The predicted octanol–water partition coefficient (Wildman–Crippen LogP) is 2.74. The Kier molecular flexibility index (Phi) is 3.37. The fourth-order valence-corrected chi connectivity index (χ4v) is 2.34. The molecule has 2 heteroatoms. The second-order valence-electron chi connectivity index (χ2n) is 4.01. The van der Waals surface area contributed by atoms with Crippen molar-refractivity contribution in [1.29, 1.82) is 5.26 Å². The van der Waals surface area contributed by atoms with Gasteiger partial charge in [0, 0.05) is 19.0 Å². The molecule has 1 aromatic carbocycles. The first-order chi connectivity index (χ1) is 7.42. The highest BCUT2D eigenvalue weighted by atomic mass is 15.2. The van der Waals surface area contributed by atoms with Crippen LogP contribution >= 0.6 is 0 Å². The topological polar surface area (TPSA) is 27.0 Å². The highest BCUT2D eigenvalue weighted by Gasteiger charge is 2.24. The summed E-state index contributed by atoms with van der Waals surface area (Å²) in [6.07, 6.45) is 3.13. The molecule has 0 aliphatic carbocycles. The Balaban J connectivity index is 2.05. The minimum Gasteiger partial charge on any atom is -0.295 e. The van der Waals surface area contributed by atoms with Gasteiger partial charge in [-0.25, -0.2) is 0 Å². The first-order valence-corrected chi connectivity index (χ1v) is 5.58. The van der Waals surface area contributed by atoms with Gasteiger partial charge in [0.25, 0.3) is 0 Å². The summed E-state index contributed by atoms with van der Waals surface area (Å²) in [5, 5.41) is 8.61. The Morgan fingerprint density at radius 2 is 2.13 bits per heavy atom. The minimum absolute atomic E-state index is 0.541. The molecule has 1 aromatic rings. The molecule has 1 atom stereocenters. The average Bonchev–Trinajstić information content (AvgIpc) is 2.75. The summed E-state index contributed by atoms with van der Waals surface area (Å²) in [6.45, 7) is 2.05. The molecule has 0 saturated carbocycles. The lowest BCUT2D eigenvalue weighted by atomic mass is 10.0. The van der Waals surface area contributed by atoms with Crippen LogP contribution < -0.4 is 0 Å². The Hall–Kier alpha value is -1.33. The van der Waals surface area contributed by atoms with E-state index in [2.05, 4.69) is 41.3 Å². The second kappa shape index (κ2) is 4.95. The third-order valence-electron chi connectivity index (χ3n) is 3.06. The lowest BCUT2D eigenvalue weighted by molar-refractivity contribution is 0.263. The van der Waals surface area contributed by atoms with Crippen molar-refractivity contribution in [3.63, 3.8) is 0 Å². The van der Waals surface area contributed by atoms with Crippen LogP contribution in [0.1, 0.15) is 30.9 Å². The number of nitrogens with zero attached hydrogens (tertiary/aromatic N) is 2. The molecule has 2 nitrogen and oxygen atoms in total. The average molecular weight is 200 g/mol. The van der Waals surface area contributed by atoms with Crippen molar-refractivity contribution in [2.45, 2.75) is 25.3 Å². The van der Waals surface area contributed by atoms with Crippen molar-refractivity contribution in [2.24, 2.45) is 0 Å². The highest BCUT2D eigenvalue weighted by Crippen LogP contribution is 2.31. The predicted molar refractivity (Wildman–Crippen MR) is 60.2 cm³/mol. The maximum Gasteiger partial charge on any atom is 0.0635 e. The van der Waals surface area contributed by atoms with Gasteiger partial charge in [0.05, 0.1) is 6.07 Å². The van der Waals surface area contributed by atoms with Crippen LogP contribution in [0.25, 0.3) is 0 Å². The van der Waals surface area contributed by atoms with Crippen LogP contribution in [0.4, 0.5) is 0 Å². The molecule has 0 aromatic heterocycles. The molecule has 0 amide bonds. The molecule has 15 heavy (non-hydrogen) atoms. The molecule has 1 aliphatic heterocycles. The Morgan fingerprint density at radius 3 is 2.87 bits per heavy atom. The van der Waals surface area contributed by atoms with E-state index < -0.39 is 0 Å². The monoisotopic (exact) mass is 200 g/mol. The summed E-state index contributed by atoms with van der Waals surface area (Å²) in [4.78, 5) is 2.43. The van der Waals surface area contributed by atoms with Crippen molar-refractivity contribution in [2.75, 3.05) is 13.1 Å². The maximum absolute atomic E-state index is 8.61. The van der Waals surface area contributed by atoms with Gasteiger partial charge in [-0.2, -0.15) is 5.26 Å². The third kappa shape index (κ3) is 2.37. The van der Waals surface area contributed by atoms with Gasteiger partial charge in [0.15, 0.2) is 0 Å². The van der Waals surface area contributed by atoms with Gasteiger partial charge in [-0.15, -0.1) is 0 Å². The Bertz CT molecular complexity index is 339. The maximum atomic E-state index is 8.61. The molecule has 78 valence electrons. The zero-order valence-electron chi connectivity index (χ0n) is 8.89. The number of rotatable bonds is 3. The number of nitriles is 1. The van der Waals surface area contributed by atoms with Gasteiger partial charge in [0.2, 0.25) is 0 Å². The zero-order valence-corrected chi connectivity index (χ0v) is 8.89. The molecular weight excluding hydrogens is 184 g/mol. The van der Waals surface area contributed by atoms with E-state index in [9.17, 15) is 0 Å². The van der Waals surface area contributed by atoms with Crippen LogP contribution in [0.5, 0.6) is 0 Å². The first kappa shape index (κ1) is 10.2. The van der Waals surface area contributed by atoms with Crippen LogP contribution in [-0.4, -0.2) is 18.0 Å². The zero-order chi connectivity index (χ0) is 10.5. The smallest absolute Gasteiger partial charge is 0.0635 e. The lowest BCUT2D eigenvalue weighted by Gasteiger charge is -2.23. The van der Waals surface area contributed by atoms with Crippen LogP contribution in [-0.2, 0) is 0 Å². The van der Waals surface area contributed by atoms with E-state index in [4.69, 9.17) is 5.26 Å². The molecule has 1 fully saturated rings. The van der Waals surface area contributed by atoms with Gasteiger partial charge in [-0.1, -0.05) is 30.3 Å². The van der Waals surface area contributed by atoms with E-state index in [0.29, 0.717) is 12.5 Å². The molecule has 1 heterocycles. The van der Waals surface area contributed by atoms with Gasteiger partial charge < -0.3 is 0 Å². The summed E-state index contributed by atoms with van der Waals surface area (Å²) >= 11 is 0. The summed E-state index contributed by atoms with van der Waals surface area (Å²) in [6, 6.07) is 13.4. The number of likely N-dealkylation sites (tertiary alicyclic amines) is 1. The highest BCUT2D eigenvalue weighted by molar-refractivity contribution is 5.19. The van der Waals surface area contributed by atoms with Gasteiger partial charge in [-0.3, -0.25) is 4.90 Å². The largest absolute Gasteiger partial charge is 0.295 e. The molecule has 1 saturated heterocycles. The number of hydrogen-bond acceptors (Lipinski definition) is 2. The second-order valence-corrected chi connectivity index (χ2v) is 4.01. The Morgan fingerprint density at radius 1 is 1.33 bits per heavy atom. The standard InChI is InChI=1S/C13H16N2/c14-9-5-11-15-10-4-8-13(15)12-6-2-1-3-7-12/h1-3,6-7,13H,4-5,8,10-11H2/t13-/m1/s1. The summed E-state index contributed by atoms with van der Waals surface area (Å²) in [5.74, 6) is 0. The summed E-state index contributed by atoms with van der Waals surface area (Å²) in [5.41, 5.74) is 1.40. The Labute approximate surface area is 91.1 Å². The van der Waals surface area contributed by atoms with Gasteiger partial charge >= 0.3 is 0 Å². The van der Waals surface area contributed by atoms with E-state index >= 15 is 0 Å². The van der Waals surface area contributed by atoms with Crippen molar-refractivity contribution in [3.8, 4) is 6.07 Å². The first-order valence-electron chi connectivity index (χ1n) is 5.58. The normalized spacial score (nSPS) is 21.4. The van der Waals surface area contributed by atoms with E-state index in [1.807, 2.05) is 0 Å². The third-order valence-corrected chi connectivity index (χ3v) is 3.06. The van der Waals surface area contributed by atoms with E-state index in [-0.39, 0.29) is 0 Å². The van der Waals surface area contributed by atoms with Crippen molar-refractivity contribution >= 4 is 0 Å². The number of benzene rings is 1. The van der Waals surface area contributed by atoms with Crippen LogP contribution in [0.15, 0.2) is 30.3 Å². The van der Waals surface area contributed by atoms with E-state index in [1.165, 1.54) is 18.4 Å². The van der Waals surface area contributed by atoms with Crippen molar-refractivity contribution in [1.82, 2.24) is 4.90 Å². The van der Waals surface area contributed by atoms with Gasteiger partial charge in [0.1, 0.15) is 0 Å². The lowest BCUT2D eigenvalue weighted by Crippen LogP contribution is -2.24. The SMILES string of the molecule is N#CCCN1CCC[C@@H]1c1ccccc1. The molecular formula is C13H16N2.